The SMILES string of the molecule is CCCCC#Cc1ccccc1C=Nc1ccc(OC)cc1. The van der Waals surface area contributed by atoms with Crippen LogP contribution in [0.4, 0.5) is 5.69 Å². The highest BCUT2D eigenvalue weighted by Crippen LogP contribution is 2.18. The molecule has 0 radical (unpaired) electrons. The van der Waals surface area contributed by atoms with E-state index in [4.69, 9.17) is 4.74 Å². The molecule has 0 aliphatic heterocycles. The molecule has 0 saturated heterocycles. The molecular weight excluding hydrogens is 270 g/mol. The standard InChI is InChI=1S/C20H21NO/c1-3-4-5-6-9-17-10-7-8-11-18(17)16-21-19-12-14-20(22-2)15-13-19/h7-8,10-16H,3-5H2,1-2H3. The van der Waals surface area contributed by atoms with Crippen LogP contribution in [0.5, 0.6) is 5.75 Å². The quantitative estimate of drug-likeness (QED) is 0.432. The zero-order valence-corrected chi connectivity index (χ0v) is 13.2. The van der Waals surface area contributed by atoms with Crippen LogP contribution in [-0.2, 0) is 0 Å². The monoisotopic (exact) mass is 291 g/mol. The zero-order chi connectivity index (χ0) is 15.6. The average Bonchev–Trinajstić information content (AvgIpc) is 2.58. The maximum absolute atomic E-state index is 5.15. The van der Waals surface area contributed by atoms with Gasteiger partial charge < -0.3 is 4.74 Å². The fraction of sp³-hybridized carbons (Fsp3) is 0.250. The molecule has 0 bridgehead atoms. The Hall–Kier alpha value is -2.53. The molecule has 2 rings (SSSR count). The van der Waals surface area contributed by atoms with E-state index in [0.29, 0.717) is 0 Å². The van der Waals surface area contributed by atoms with E-state index in [2.05, 4.69) is 23.8 Å². The van der Waals surface area contributed by atoms with Crippen LogP contribution in [0.2, 0.25) is 0 Å². The number of unbranched alkanes of at least 4 members (excludes halogenated alkanes) is 2. The average molecular weight is 291 g/mol. The summed E-state index contributed by atoms with van der Waals surface area (Å²) in [6, 6.07) is 15.8. The maximum Gasteiger partial charge on any atom is 0.119 e. The molecular formula is C20H21NO. The number of benzene rings is 2. The minimum absolute atomic E-state index is 0.834. The van der Waals surface area contributed by atoms with Crippen molar-refractivity contribution in [2.75, 3.05) is 7.11 Å². The molecule has 2 nitrogen and oxygen atoms in total. The molecule has 112 valence electrons. The van der Waals surface area contributed by atoms with Crippen LogP contribution in [0.15, 0.2) is 53.5 Å². The summed E-state index contributed by atoms with van der Waals surface area (Å²) >= 11 is 0. The molecule has 2 aromatic rings. The molecule has 0 aliphatic carbocycles. The van der Waals surface area contributed by atoms with E-state index in [-0.39, 0.29) is 0 Å². The minimum Gasteiger partial charge on any atom is -0.497 e. The van der Waals surface area contributed by atoms with Crippen molar-refractivity contribution in [3.63, 3.8) is 0 Å². The van der Waals surface area contributed by atoms with E-state index >= 15 is 0 Å². The fourth-order valence-corrected chi connectivity index (χ4v) is 1.96. The molecule has 0 fully saturated rings. The van der Waals surface area contributed by atoms with Crippen LogP contribution in [-0.4, -0.2) is 13.3 Å². The number of nitrogens with zero attached hydrogens (tertiary/aromatic N) is 1. The van der Waals surface area contributed by atoms with Gasteiger partial charge >= 0.3 is 0 Å². The molecule has 0 saturated carbocycles. The first-order valence-electron chi connectivity index (χ1n) is 7.59. The summed E-state index contributed by atoms with van der Waals surface area (Å²) in [6.45, 7) is 2.18. The topological polar surface area (TPSA) is 21.6 Å². The predicted octanol–water partition coefficient (Wildman–Crippen LogP) is 4.99. The van der Waals surface area contributed by atoms with Crippen molar-refractivity contribution in [3.8, 4) is 17.6 Å². The molecule has 0 spiro atoms. The number of hydrogen-bond acceptors (Lipinski definition) is 2. The summed E-state index contributed by atoms with van der Waals surface area (Å²) in [6.07, 6.45) is 5.14. The Morgan fingerprint density at radius 1 is 1.09 bits per heavy atom. The normalized spacial score (nSPS) is 10.3. The van der Waals surface area contributed by atoms with E-state index in [9.17, 15) is 0 Å². The van der Waals surface area contributed by atoms with Crippen LogP contribution in [0, 0.1) is 11.8 Å². The Bertz CT molecular complexity index is 675. The van der Waals surface area contributed by atoms with E-state index in [1.165, 1.54) is 6.42 Å². The fourth-order valence-electron chi connectivity index (χ4n) is 1.96. The number of ether oxygens (including phenoxy) is 1. The molecule has 0 aromatic heterocycles. The van der Waals surface area contributed by atoms with E-state index in [1.807, 2.05) is 54.7 Å². The molecule has 0 N–H and O–H groups in total. The summed E-state index contributed by atoms with van der Waals surface area (Å²) in [5.74, 6) is 7.30. The van der Waals surface area contributed by atoms with Gasteiger partial charge in [-0.2, -0.15) is 0 Å². The smallest absolute Gasteiger partial charge is 0.119 e. The highest BCUT2D eigenvalue weighted by Gasteiger charge is 1.96. The third-order valence-corrected chi connectivity index (χ3v) is 3.26. The Labute approximate surface area is 132 Å². The van der Waals surface area contributed by atoms with Gasteiger partial charge in [0.1, 0.15) is 5.75 Å². The first kappa shape index (κ1) is 15.9. The van der Waals surface area contributed by atoms with Gasteiger partial charge in [0.05, 0.1) is 12.8 Å². The Kier molecular flexibility index (Phi) is 6.26. The number of rotatable bonds is 5. The lowest BCUT2D eigenvalue weighted by atomic mass is 10.1. The molecule has 2 aromatic carbocycles. The van der Waals surface area contributed by atoms with Crippen molar-refractivity contribution < 1.29 is 4.74 Å². The third-order valence-electron chi connectivity index (χ3n) is 3.26. The second-order valence-electron chi connectivity index (χ2n) is 4.95. The van der Waals surface area contributed by atoms with Gasteiger partial charge in [-0.15, -0.1) is 0 Å². The van der Waals surface area contributed by atoms with Crippen molar-refractivity contribution in [3.05, 3.63) is 59.7 Å². The summed E-state index contributed by atoms with van der Waals surface area (Å²) in [5, 5.41) is 0. The first-order chi connectivity index (χ1) is 10.8. The van der Waals surface area contributed by atoms with Crippen LogP contribution in [0.3, 0.4) is 0 Å². The minimum atomic E-state index is 0.834. The predicted molar refractivity (Wildman–Crippen MR) is 93.1 cm³/mol. The van der Waals surface area contributed by atoms with E-state index in [0.717, 1.165) is 35.4 Å². The lowest BCUT2D eigenvalue weighted by molar-refractivity contribution is 0.415. The Balaban J connectivity index is 2.13. The third kappa shape index (κ3) is 4.79. The van der Waals surface area contributed by atoms with Crippen LogP contribution in [0.25, 0.3) is 0 Å². The van der Waals surface area contributed by atoms with Gasteiger partial charge in [-0.25, -0.2) is 0 Å². The highest BCUT2D eigenvalue weighted by molar-refractivity contribution is 5.85. The zero-order valence-electron chi connectivity index (χ0n) is 13.2. The van der Waals surface area contributed by atoms with Gasteiger partial charge in [0.2, 0.25) is 0 Å². The van der Waals surface area contributed by atoms with Crippen molar-refractivity contribution in [2.45, 2.75) is 26.2 Å². The number of aliphatic imine (C=N–C) groups is 1. The van der Waals surface area contributed by atoms with Crippen LogP contribution < -0.4 is 4.74 Å². The van der Waals surface area contributed by atoms with Crippen molar-refractivity contribution in [2.24, 2.45) is 4.99 Å². The maximum atomic E-state index is 5.15. The van der Waals surface area contributed by atoms with Crippen LogP contribution in [0.1, 0.15) is 37.3 Å². The lowest BCUT2D eigenvalue weighted by Gasteiger charge is -2.00. The van der Waals surface area contributed by atoms with Gasteiger partial charge in [-0.1, -0.05) is 43.4 Å². The second kappa shape index (κ2) is 8.69. The highest BCUT2D eigenvalue weighted by atomic mass is 16.5. The van der Waals surface area contributed by atoms with Gasteiger partial charge in [0, 0.05) is 23.8 Å². The lowest BCUT2D eigenvalue weighted by Crippen LogP contribution is -1.87. The van der Waals surface area contributed by atoms with Crippen molar-refractivity contribution in [1.82, 2.24) is 0 Å². The van der Waals surface area contributed by atoms with Crippen molar-refractivity contribution >= 4 is 11.9 Å². The Morgan fingerprint density at radius 2 is 1.86 bits per heavy atom. The number of hydrogen-bond donors (Lipinski definition) is 0. The van der Waals surface area contributed by atoms with Gasteiger partial charge in [0.25, 0.3) is 0 Å². The second-order valence-corrected chi connectivity index (χ2v) is 4.95. The van der Waals surface area contributed by atoms with Crippen molar-refractivity contribution in [1.29, 1.82) is 0 Å². The number of methoxy groups -OCH3 is 1. The van der Waals surface area contributed by atoms with Gasteiger partial charge in [0.15, 0.2) is 0 Å². The van der Waals surface area contributed by atoms with E-state index < -0.39 is 0 Å². The molecule has 2 heteroatoms. The van der Waals surface area contributed by atoms with E-state index in [1.54, 1.807) is 7.11 Å². The molecule has 0 amide bonds. The van der Waals surface area contributed by atoms with Gasteiger partial charge in [-0.05, 0) is 36.8 Å². The summed E-state index contributed by atoms with van der Waals surface area (Å²) in [4.78, 5) is 4.51. The largest absolute Gasteiger partial charge is 0.497 e. The molecule has 0 unspecified atom stereocenters. The van der Waals surface area contributed by atoms with Crippen LogP contribution >= 0.6 is 0 Å². The molecule has 0 atom stereocenters. The summed E-state index contributed by atoms with van der Waals surface area (Å²) in [7, 11) is 1.66. The molecule has 0 heterocycles. The summed E-state index contributed by atoms with van der Waals surface area (Å²) < 4.78 is 5.15. The van der Waals surface area contributed by atoms with Gasteiger partial charge in [-0.3, -0.25) is 4.99 Å². The Morgan fingerprint density at radius 3 is 2.59 bits per heavy atom. The molecule has 22 heavy (non-hydrogen) atoms. The first-order valence-corrected chi connectivity index (χ1v) is 7.59. The molecule has 0 aliphatic rings. The summed E-state index contributed by atoms with van der Waals surface area (Å²) in [5.41, 5.74) is 2.97.